The molecule has 3 rings (SSSR count). The van der Waals surface area contributed by atoms with Crippen LogP contribution in [-0.4, -0.2) is 30.4 Å². The molecule has 130 valence electrons. The SMILES string of the molecule is Cc1cccc(C(=O)NCC(c2ccco2)N2CCCCC2)c1.Cl. The van der Waals surface area contributed by atoms with Gasteiger partial charge in [-0.3, -0.25) is 9.69 Å². The van der Waals surface area contributed by atoms with Gasteiger partial charge in [0.05, 0.1) is 12.3 Å². The highest BCUT2D eigenvalue weighted by atomic mass is 35.5. The average Bonchev–Trinajstić information content (AvgIpc) is 3.10. The van der Waals surface area contributed by atoms with Crippen LogP contribution >= 0.6 is 12.4 Å². The Kier molecular flexibility index (Phi) is 6.88. The van der Waals surface area contributed by atoms with Gasteiger partial charge in [-0.25, -0.2) is 0 Å². The van der Waals surface area contributed by atoms with E-state index in [1.54, 1.807) is 6.26 Å². The first-order valence-electron chi connectivity index (χ1n) is 8.36. The highest BCUT2D eigenvalue weighted by Crippen LogP contribution is 2.24. The maximum Gasteiger partial charge on any atom is 0.251 e. The molecule has 0 radical (unpaired) electrons. The summed E-state index contributed by atoms with van der Waals surface area (Å²) in [4.78, 5) is 14.8. The topological polar surface area (TPSA) is 45.5 Å². The van der Waals surface area contributed by atoms with E-state index >= 15 is 0 Å². The molecule has 1 aliphatic rings. The Labute approximate surface area is 149 Å². The van der Waals surface area contributed by atoms with Gasteiger partial charge in [0.1, 0.15) is 5.76 Å². The third-order valence-electron chi connectivity index (χ3n) is 4.44. The zero-order valence-electron chi connectivity index (χ0n) is 14.0. The van der Waals surface area contributed by atoms with E-state index in [9.17, 15) is 4.79 Å². The van der Waals surface area contributed by atoms with Crippen LogP contribution in [0.15, 0.2) is 47.1 Å². The van der Waals surface area contributed by atoms with E-state index in [0.29, 0.717) is 12.1 Å². The molecule has 1 saturated heterocycles. The van der Waals surface area contributed by atoms with Gasteiger partial charge in [0.2, 0.25) is 0 Å². The van der Waals surface area contributed by atoms with E-state index in [2.05, 4.69) is 10.2 Å². The van der Waals surface area contributed by atoms with Crippen molar-refractivity contribution in [3.8, 4) is 0 Å². The lowest BCUT2D eigenvalue weighted by Gasteiger charge is -2.33. The number of aryl methyl sites for hydroxylation is 1. The molecule has 1 aliphatic heterocycles. The first-order valence-corrected chi connectivity index (χ1v) is 8.36. The molecule has 24 heavy (non-hydrogen) atoms. The zero-order valence-corrected chi connectivity index (χ0v) is 14.8. The number of benzene rings is 1. The van der Waals surface area contributed by atoms with E-state index in [1.807, 2.05) is 43.3 Å². The largest absolute Gasteiger partial charge is 0.468 e. The number of hydrogen-bond donors (Lipinski definition) is 1. The Morgan fingerprint density at radius 3 is 2.67 bits per heavy atom. The molecular formula is C19H25ClN2O2. The number of hydrogen-bond acceptors (Lipinski definition) is 3. The molecular weight excluding hydrogens is 324 g/mol. The van der Waals surface area contributed by atoms with E-state index in [1.165, 1.54) is 19.3 Å². The summed E-state index contributed by atoms with van der Waals surface area (Å²) in [6.07, 6.45) is 5.41. The van der Waals surface area contributed by atoms with Crippen molar-refractivity contribution in [2.45, 2.75) is 32.2 Å². The second kappa shape index (κ2) is 8.90. The van der Waals surface area contributed by atoms with Crippen molar-refractivity contribution in [1.82, 2.24) is 10.2 Å². The Bertz CT molecular complexity index is 637. The Morgan fingerprint density at radius 1 is 1.21 bits per heavy atom. The van der Waals surface area contributed by atoms with Gasteiger partial charge < -0.3 is 9.73 Å². The minimum atomic E-state index is -0.0257. The van der Waals surface area contributed by atoms with Crippen molar-refractivity contribution < 1.29 is 9.21 Å². The van der Waals surface area contributed by atoms with Gasteiger partial charge in [-0.1, -0.05) is 24.1 Å². The fraction of sp³-hybridized carbons (Fsp3) is 0.421. The minimum absolute atomic E-state index is 0. The van der Waals surface area contributed by atoms with Crippen molar-refractivity contribution >= 4 is 18.3 Å². The summed E-state index contributed by atoms with van der Waals surface area (Å²) in [5.74, 6) is 0.902. The maximum atomic E-state index is 12.4. The molecule has 1 atom stereocenters. The smallest absolute Gasteiger partial charge is 0.251 e. The summed E-state index contributed by atoms with van der Waals surface area (Å²) < 4.78 is 5.61. The highest BCUT2D eigenvalue weighted by Gasteiger charge is 2.25. The fourth-order valence-electron chi connectivity index (χ4n) is 3.20. The summed E-state index contributed by atoms with van der Waals surface area (Å²) in [7, 11) is 0. The van der Waals surface area contributed by atoms with Gasteiger partial charge in [0, 0.05) is 12.1 Å². The number of furan rings is 1. The third kappa shape index (κ3) is 4.62. The van der Waals surface area contributed by atoms with Crippen molar-refractivity contribution in [1.29, 1.82) is 0 Å². The van der Waals surface area contributed by atoms with Crippen molar-refractivity contribution in [2.24, 2.45) is 0 Å². The van der Waals surface area contributed by atoms with E-state index in [0.717, 1.165) is 24.4 Å². The molecule has 0 spiro atoms. The van der Waals surface area contributed by atoms with E-state index in [-0.39, 0.29) is 24.4 Å². The second-order valence-corrected chi connectivity index (χ2v) is 6.21. The molecule has 2 heterocycles. The molecule has 2 aromatic rings. The van der Waals surface area contributed by atoms with Crippen molar-refractivity contribution in [3.63, 3.8) is 0 Å². The molecule has 1 aromatic carbocycles. The maximum absolute atomic E-state index is 12.4. The number of piperidine rings is 1. The van der Waals surface area contributed by atoms with Gasteiger partial charge in [0.25, 0.3) is 5.91 Å². The molecule has 4 nitrogen and oxygen atoms in total. The van der Waals surface area contributed by atoms with E-state index < -0.39 is 0 Å². The Hall–Kier alpha value is -1.78. The van der Waals surface area contributed by atoms with Crippen LogP contribution in [0.1, 0.15) is 47.0 Å². The number of carbonyl (C=O) groups excluding carboxylic acids is 1. The van der Waals surface area contributed by atoms with Crippen LogP contribution in [0.5, 0.6) is 0 Å². The lowest BCUT2D eigenvalue weighted by Crippen LogP contribution is -2.40. The number of likely N-dealkylation sites (tertiary alicyclic amines) is 1. The van der Waals surface area contributed by atoms with Crippen LogP contribution < -0.4 is 5.32 Å². The summed E-state index contributed by atoms with van der Waals surface area (Å²) in [5, 5.41) is 3.07. The highest BCUT2D eigenvalue weighted by molar-refractivity contribution is 5.94. The molecule has 1 N–H and O–H groups in total. The average molecular weight is 349 g/mol. The summed E-state index contributed by atoms with van der Waals surface area (Å²) >= 11 is 0. The fourth-order valence-corrected chi connectivity index (χ4v) is 3.20. The number of amides is 1. The lowest BCUT2D eigenvalue weighted by molar-refractivity contribution is 0.0914. The molecule has 1 amide bonds. The first-order chi connectivity index (χ1) is 11.2. The first kappa shape index (κ1) is 18.6. The van der Waals surface area contributed by atoms with Crippen LogP contribution in [0.25, 0.3) is 0 Å². The van der Waals surface area contributed by atoms with Crippen LogP contribution in [-0.2, 0) is 0 Å². The normalized spacial score (nSPS) is 16.2. The predicted molar refractivity (Wildman–Crippen MR) is 97.6 cm³/mol. The Balaban J connectivity index is 0.00000208. The van der Waals surface area contributed by atoms with Crippen LogP contribution in [0.4, 0.5) is 0 Å². The number of carbonyl (C=O) groups is 1. The van der Waals surface area contributed by atoms with Gasteiger partial charge >= 0.3 is 0 Å². The lowest BCUT2D eigenvalue weighted by atomic mass is 10.1. The van der Waals surface area contributed by atoms with Gasteiger partial charge in [0.15, 0.2) is 0 Å². The molecule has 0 aliphatic carbocycles. The van der Waals surface area contributed by atoms with Crippen molar-refractivity contribution in [3.05, 3.63) is 59.5 Å². The number of nitrogens with one attached hydrogen (secondary N) is 1. The van der Waals surface area contributed by atoms with E-state index in [4.69, 9.17) is 4.42 Å². The second-order valence-electron chi connectivity index (χ2n) is 6.21. The summed E-state index contributed by atoms with van der Waals surface area (Å²) in [5.41, 5.74) is 1.80. The number of rotatable bonds is 5. The van der Waals surface area contributed by atoms with Gasteiger partial charge in [-0.15, -0.1) is 12.4 Å². The van der Waals surface area contributed by atoms with Crippen LogP contribution in [0.3, 0.4) is 0 Å². The Morgan fingerprint density at radius 2 is 2.00 bits per heavy atom. The number of nitrogens with zero attached hydrogens (tertiary/aromatic N) is 1. The molecule has 1 fully saturated rings. The monoisotopic (exact) mass is 348 g/mol. The quantitative estimate of drug-likeness (QED) is 0.889. The zero-order chi connectivity index (χ0) is 16.1. The van der Waals surface area contributed by atoms with Gasteiger partial charge in [-0.2, -0.15) is 0 Å². The molecule has 1 unspecified atom stereocenters. The summed E-state index contributed by atoms with van der Waals surface area (Å²) in [6, 6.07) is 11.7. The predicted octanol–water partition coefficient (Wildman–Crippen LogP) is 3.97. The number of halogens is 1. The third-order valence-corrected chi connectivity index (χ3v) is 4.44. The standard InChI is InChI=1S/C19H24N2O2.ClH/c1-15-7-5-8-16(13-15)19(22)20-14-17(18-9-6-12-23-18)21-10-3-2-4-11-21;/h5-9,12-13,17H,2-4,10-11,14H2,1H3,(H,20,22);1H. The minimum Gasteiger partial charge on any atom is -0.468 e. The molecule has 0 saturated carbocycles. The van der Waals surface area contributed by atoms with Gasteiger partial charge in [-0.05, 0) is 57.1 Å². The molecule has 0 bridgehead atoms. The molecule has 1 aromatic heterocycles. The van der Waals surface area contributed by atoms with Crippen molar-refractivity contribution in [2.75, 3.05) is 19.6 Å². The van der Waals surface area contributed by atoms with Crippen LogP contribution in [0, 0.1) is 6.92 Å². The molecule has 5 heteroatoms. The van der Waals surface area contributed by atoms with Crippen LogP contribution in [0.2, 0.25) is 0 Å². The summed E-state index contributed by atoms with van der Waals surface area (Å²) in [6.45, 7) is 4.69.